The van der Waals surface area contributed by atoms with E-state index in [4.69, 9.17) is 4.98 Å². The molecular formula is C28H36N8O2. The van der Waals surface area contributed by atoms with Crippen molar-refractivity contribution in [2.24, 2.45) is 7.05 Å². The summed E-state index contributed by atoms with van der Waals surface area (Å²) in [6.45, 7) is 10.1. The number of carbonyl (C=O) groups is 1. The first-order valence-corrected chi connectivity index (χ1v) is 13.2. The zero-order valence-corrected chi connectivity index (χ0v) is 22.7. The van der Waals surface area contributed by atoms with E-state index < -0.39 is 12.0 Å². The van der Waals surface area contributed by atoms with Gasteiger partial charge in [-0.05, 0) is 73.7 Å². The van der Waals surface area contributed by atoms with Crippen molar-refractivity contribution in [1.29, 1.82) is 0 Å². The summed E-state index contributed by atoms with van der Waals surface area (Å²) in [5.74, 6) is 1.22. The van der Waals surface area contributed by atoms with E-state index in [1.165, 1.54) is 11.1 Å². The average molecular weight is 517 g/mol. The van der Waals surface area contributed by atoms with Gasteiger partial charge in [-0.3, -0.25) is 14.8 Å². The second kappa shape index (κ2) is 10.5. The number of likely N-dealkylation sites (tertiary alicyclic amines) is 1. The highest BCUT2D eigenvalue weighted by molar-refractivity contribution is 5.80. The number of aliphatic carboxylic acids is 1. The van der Waals surface area contributed by atoms with Gasteiger partial charge in [-0.2, -0.15) is 5.10 Å². The fourth-order valence-corrected chi connectivity index (χ4v) is 5.41. The number of anilines is 1. The number of aryl methyl sites for hydroxylation is 3. The van der Waals surface area contributed by atoms with Gasteiger partial charge in [0.2, 0.25) is 0 Å². The highest BCUT2D eigenvalue weighted by atomic mass is 16.4. The van der Waals surface area contributed by atoms with Crippen LogP contribution in [0.5, 0.6) is 0 Å². The molecule has 1 aliphatic heterocycles. The van der Waals surface area contributed by atoms with Crippen molar-refractivity contribution in [3.8, 4) is 0 Å². The lowest BCUT2D eigenvalue weighted by Gasteiger charge is -2.25. The standard InChI is InChI=1S/C28H36N8O2/c1-16(2)27-30-28(33-32-27)24-7-6-12-36(24)15-19-13-20(9-8-17(19)3)29-22(14-25(37)38)21-10-11-23-26(18(21)4)31-34-35(23)5/h8-11,13,16,22,24,29H,6-7,12,14-15H2,1-5H3,(H,37,38)(H,30,32,33). The summed E-state index contributed by atoms with van der Waals surface area (Å²) in [7, 11) is 1.85. The van der Waals surface area contributed by atoms with Crippen LogP contribution in [-0.2, 0) is 18.4 Å². The molecule has 0 amide bonds. The Balaban J connectivity index is 1.39. The molecule has 10 heteroatoms. The Hall–Kier alpha value is -3.79. The van der Waals surface area contributed by atoms with Crippen LogP contribution in [0.4, 0.5) is 5.69 Å². The molecule has 3 N–H and O–H groups in total. The molecule has 5 rings (SSSR count). The summed E-state index contributed by atoms with van der Waals surface area (Å²) in [4.78, 5) is 19.0. The maximum Gasteiger partial charge on any atom is 0.305 e. The highest BCUT2D eigenvalue weighted by Crippen LogP contribution is 2.34. The van der Waals surface area contributed by atoms with Crippen LogP contribution in [0.25, 0.3) is 11.0 Å². The Kier molecular flexibility index (Phi) is 7.16. The molecule has 200 valence electrons. The van der Waals surface area contributed by atoms with Crippen molar-refractivity contribution in [3.05, 3.63) is 64.2 Å². The van der Waals surface area contributed by atoms with E-state index in [2.05, 4.69) is 63.6 Å². The number of carboxylic acids is 1. The van der Waals surface area contributed by atoms with Gasteiger partial charge in [-0.25, -0.2) is 9.67 Å². The molecule has 0 saturated carbocycles. The molecule has 3 heterocycles. The zero-order chi connectivity index (χ0) is 27.0. The van der Waals surface area contributed by atoms with Crippen molar-refractivity contribution in [3.63, 3.8) is 0 Å². The van der Waals surface area contributed by atoms with Gasteiger partial charge in [0, 0.05) is 25.2 Å². The van der Waals surface area contributed by atoms with Crippen molar-refractivity contribution >= 4 is 22.7 Å². The lowest BCUT2D eigenvalue weighted by Crippen LogP contribution is -2.24. The van der Waals surface area contributed by atoms with Gasteiger partial charge in [0.25, 0.3) is 0 Å². The van der Waals surface area contributed by atoms with Crippen LogP contribution in [0.1, 0.15) is 85.0 Å². The monoisotopic (exact) mass is 516 g/mol. The summed E-state index contributed by atoms with van der Waals surface area (Å²) in [5, 5.41) is 29.2. The number of benzene rings is 2. The molecule has 1 saturated heterocycles. The van der Waals surface area contributed by atoms with Crippen LogP contribution in [-0.4, -0.2) is 52.7 Å². The third-order valence-corrected chi connectivity index (χ3v) is 7.61. The molecule has 2 atom stereocenters. The number of fused-ring (bicyclic) bond motifs is 1. The number of aromatic nitrogens is 6. The van der Waals surface area contributed by atoms with E-state index in [1.54, 1.807) is 4.68 Å². The lowest BCUT2D eigenvalue weighted by atomic mass is 9.96. The van der Waals surface area contributed by atoms with Gasteiger partial charge in [0.05, 0.1) is 24.0 Å². The topological polar surface area (TPSA) is 125 Å². The van der Waals surface area contributed by atoms with E-state index in [9.17, 15) is 9.90 Å². The van der Waals surface area contributed by atoms with Gasteiger partial charge in [-0.1, -0.05) is 31.2 Å². The molecule has 0 bridgehead atoms. The Morgan fingerprint density at radius 1 is 1.24 bits per heavy atom. The van der Waals surface area contributed by atoms with Gasteiger partial charge in [0.15, 0.2) is 5.82 Å². The quantitative estimate of drug-likeness (QED) is 0.290. The van der Waals surface area contributed by atoms with Gasteiger partial charge in [-0.15, -0.1) is 5.10 Å². The van der Waals surface area contributed by atoms with Gasteiger partial charge in [0.1, 0.15) is 11.3 Å². The number of rotatable bonds is 9. The summed E-state index contributed by atoms with van der Waals surface area (Å²) in [6, 6.07) is 10.0. The minimum Gasteiger partial charge on any atom is -0.481 e. The number of nitrogens with zero attached hydrogens (tertiary/aromatic N) is 6. The smallest absolute Gasteiger partial charge is 0.305 e. The van der Waals surface area contributed by atoms with Crippen molar-refractivity contribution in [1.82, 2.24) is 35.1 Å². The van der Waals surface area contributed by atoms with Crippen LogP contribution in [0.2, 0.25) is 0 Å². The summed E-state index contributed by atoms with van der Waals surface area (Å²) in [5.41, 5.74) is 6.87. The van der Waals surface area contributed by atoms with Crippen LogP contribution < -0.4 is 5.32 Å². The van der Waals surface area contributed by atoms with E-state index in [-0.39, 0.29) is 18.4 Å². The van der Waals surface area contributed by atoms with E-state index in [0.717, 1.165) is 65.4 Å². The number of hydrogen-bond acceptors (Lipinski definition) is 7. The molecule has 0 aliphatic carbocycles. The second-order valence-corrected chi connectivity index (χ2v) is 10.7. The van der Waals surface area contributed by atoms with Crippen molar-refractivity contribution < 1.29 is 9.90 Å². The fraction of sp³-hybridized carbons (Fsp3) is 0.464. The Morgan fingerprint density at radius 2 is 2.05 bits per heavy atom. The van der Waals surface area contributed by atoms with Crippen molar-refractivity contribution in [2.75, 3.05) is 11.9 Å². The first-order chi connectivity index (χ1) is 18.2. The number of H-pyrrole nitrogens is 1. The average Bonchev–Trinajstić information content (AvgIpc) is 3.61. The summed E-state index contributed by atoms with van der Waals surface area (Å²) < 4.78 is 1.73. The molecule has 10 nitrogen and oxygen atoms in total. The van der Waals surface area contributed by atoms with Gasteiger partial charge >= 0.3 is 5.97 Å². The predicted molar refractivity (Wildman–Crippen MR) is 146 cm³/mol. The minimum atomic E-state index is -0.860. The molecule has 1 fully saturated rings. The molecular weight excluding hydrogens is 480 g/mol. The van der Waals surface area contributed by atoms with Crippen molar-refractivity contribution in [2.45, 2.75) is 71.5 Å². The first-order valence-electron chi connectivity index (χ1n) is 13.2. The SMILES string of the molecule is Cc1ccc(NC(CC(=O)O)c2ccc3c(nnn3C)c2C)cc1CN1CCCC1c1nc(C(C)C)n[nH]1. The molecule has 2 aromatic heterocycles. The normalized spacial score (nSPS) is 16.9. The lowest BCUT2D eigenvalue weighted by molar-refractivity contribution is -0.137. The van der Waals surface area contributed by atoms with Crippen LogP contribution in [0.15, 0.2) is 30.3 Å². The molecule has 0 radical (unpaired) electrons. The first kappa shape index (κ1) is 25.8. The number of hydrogen-bond donors (Lipinski definition) is 3. The van der Waals surface area contributed by atoms with E-state index >= 15 is 0 Å². The number of carboxylic acid groups (broad SMARTS) is 1. The third kappa shape index (κ3) is 5.13. The molecule has 38 heavy (non-hydrogen) atoms. The third-order valence-electron chi connectivity index (χ3n) is 7.61. The maximum absolute atomic E-state index is 11.8. The summed E-state index contributed by atoms with van der Waals surface area (Å²) in [6.07, 6.45) is 2.12. The van der Waals surface area contributed by atoms with Crippen LogP contribution in [0, 0.1) is 13.8 Å². The minimum absolute atomic E-state index is 0.0479. The summed E-state index contributed by atoms with van der Waals surface area (Å²) >= 11 is 0. The molecule has 2 aromatic carbocycles. The van der Waals surface area contributed by atoms with Crippen LogP contribution in [0.3, 0.4) is 0 Å². The molecule has 1 aliphatic rings. The van der Waals surface area contributed by atoms with E-state index in [1.807, 2.05) is 32.2 Å². The number of nitrogens with one attached hydrogen (secondary N) is 2. The Bertz CT molecular complexity index is 1460. The molecule has 4 aromatic rings. The Labute approximate surface area is 222 Å². The fourth-order valence-electron chi connectivity index (χ4n) is 5.41. The highest BCUT2D eigenvalue weighted by Gasteiger charge is 2.29. The predicted octanol–water partition coefficient (Wildman–Crippen LogP) is 4.79. The maximum atomic E-state index is 11.8. The van der Waals surface area contributed by atoms with Crippen LogP contribution >= 0.6 is 0 Å². The van der Waals surface area contributed by atoms with Gasteiger partial charge < -0.3 is 10.4 Å². The largest absolute Gasteiger partial charge is 0.481 e. The second-order valence-electron chi connectivity index (χ2n) is 10.7. The Morgan fingerprint density at radius 3 is 2.79 bits per heavy atom. The molecule has 2 unspecified atom stereocenters. The van der Waals surface area contributed by atoms with E-state index in [0.29, 0.717) is 0 Å². The molecule has 0 spiro atoms. The number of aromatic amines is 1. The zero-order valence-electron chi connectivity index (χ0n) is 22.7.